The van der Waals surface area contributed by atoms with E-state index in [2.05, 4.69) is 6.92 Å². The van der Waals surface area contributed by atoms with Crippen LogP contribution in [0, 0.1) is 0 Å². The number of aliphatic hydroxyl groups is 2. The molecule has 0 saturated carbocycles. The summed E-state index contributed by atoms with van der Waals surface area (Å²) >= 11 is 0. The molecule has 0 aromatic carbocycles. The maximum atomic E-state index is 9.45. The SMILES string of the molecule is CCCCCCCCCC=C[C@H](O)[C@H](N)CO. The Balaban J connectivity index is 3.30. The van der Waals surface area contributed by atoms with Crippen LogP contribution < -0.4 is 5.73 Å². The second-order valence-electron chi connectivity index (χ2n) is 4.68. The molecule has 3 heteroatoms. The van der Waals surface area contributed by atoms with Gasteiger partial charge in [-0.2, -0.15) is 0 Å². The molecule has 102 valence electrons. The molecule has 0 aliphatic rings. The summed E-state index contributed by atoms with van der Waals surface area (Å²) in [7, 11) is 0. The molecule has 0 unspecified atom stereocenters. The molecular formula is C14H29NO2. The summed E-state index contributed by atoms with van der Waals surface area (Å²) < 4.78 is 0. The smallest absolute Gasteiger partial charge is 0.0894 e. The average Bonchev–Trinajstić information content (AvgIpc) is 2.35. The molecule has 2 atom stereocenters. The van der Waals surface area contributed by atoms with Gasteiger partial charge in [0.25, 0.3) is 0 Å². The zero-order valence-corrected chi connectivity index (χ0v) is 11.1. The second-order valence-corrected chi connectivity index (χ2v) is 4.68. The minimum atomic E-state index is -0.718. The van der Waals surface area contributed by atoms with E-state index in [0.717, 1.165) is 6.42 Å². The molecule has 0 spiro atoms. The first-order valence-electron chi connectivity index (χ1n) is 6.93. The first kappa shape index (κ1) is 16.6. The molecule has 0 aliphatic carbocycles. The highest BCUT2D eigenvalue weighted by Gasteiger charge is 2.08. The van der Waals surface area contributed by atoms with Crippen LogP contribution in [-0.2, 0) is 0 Å². The van der Waals surface area contributed by atoms with Crippen molar-refractivity contribution in [3.05, 3.63) is 12.2 Å². The van der Waals surface area contributed by atoms with Crippen LogP contribution >= 0.6 is 0 Å². The fourth-order valence-corrected chi connectivity index (χ4v) is 1.71. The van der Waals surface area contributed by atoms with Gasteiger partial charge >= 0.3 is 0 Å². The lowest BCUT2D eigenvalue weighted by molar-refractivity contribution is 0.144. The number of allylic oxidation sites excluding steroid dienone is 1. The fourth-order valence-electron chi connectivity index (χ4n) is 1.71. The van der Waals surface area contributed by atoms with Crippen molar-refractivity contribution >= 4 is 0 Å². The first-order valence-corrected chi connectivity index (χ1v) is 6.93. The summed E-state index contributed by atoms with van der Waals surface area (Å²) in [5, 5.41) is 18.2. The average molecular weight is 243 g/mol. The van der Waals surface area contributed by atoms with Crippen LogP contribution in [-0.4, -0.2) is 29.0 Å². The summed E-state index contributed by atoms with van der Waals surface area (Å²) in [5.74, 6) is 0. The maximum Gasteiger partial charge on any atom is 0.0894 e. The molecule has 0 saturated heterocycles. The molecule has 0 aromatic rings. The Morgan fingerprint density at radius 3 is 2.24 bits per heavy atom. The van der Waals surface area contributed by atoms with Crippen LogP contribution in [0.4, 0.5) is 0 Å². The summed E-state index contributed by atoms with van der Waals surface area (Å²) in [4.78, 5) is 0. The van der Waals surface area contributed by atoms with Gasteiger partial charge in [-0.25, -0.2) is 0 Å². The Bertz CT molecular complexity index is 183. The molecule has 4 N–H and O–H groups in total. The lowest BCUT2D eigenvalue weighted by atomic mass is 10.1. The minimum Gasteiger partial charge on any atom is -0.395 e. The Labute approximate surface area is 106 Å². The van der Waals surface area contributed by atoms with E-state index in [-0.39, 0.29) is 6.61 Å². The molecule has 3 nitrogen and oxygen atoms in total. The van der Waals surface area contributed by atoms with Crippen LogP contribution in [0.2, 0.25) is 0 Å². The lowest BCUT2D eigenvalue weighted by Gasteiger charge is -2.11. The fraction of sp³-hybridized carbons (Fsp3) is 0.857. The third-order valence-corrected chi connectivity index (χ3v) is 2.96. The van der Waals surface area contributed by atoms with Gasteiger partial charge in [0.15, 0.2) is 0 Å². The molecular weight excluding hydrogens is 214 g/mol. The maximum absolute atomic E-state index is 9.45. The van der Waals surface area contributed by atoms with Crippen molar-refractivity contribution in [3.8, 4) is 0 Å². The van der Waals surface area contributed by atoms with Gasteiger partial charge in [0.2, 0.25) is 0 Å². The van der Waals surface area contributed by atoms with Gasteiger partial charge in [0.05, 0.1) is 18.8 Å². The Morgan fingerprint density at radius 1 is 1.06 bits per heavy atom. The molecule has 0 rings (SSSR count). The predicted molar refractivity (Wildman–Crippen MR) is 72.8 cm³/mol. The number of unbranched alkanes of at least 4 members (excludes halogenated alkanes) is 7. The van der Waals surface area contributed by atoms with Crippen molar-refractivity contribution in [2.75, 3.05) is 6.61 Å². The van der Waals surface area contributed by atoms with Crippen molar-refractivity contribution in [1.82, 2.24) is 0 Å². The van der Waals surface area contributed by atoms with E-state index in [1.54, 1.807) is 6.08 Å². The van der Waals surface area contributed by atoms with Crippen LogP contribution in [0.3, 0.4) is 0 Å². The number of rotatable bonds is 11. The van der Waals surface area contributed by atoms with Gasteiger partial charge in [-0.1, -0.05) is 57.6 Å². The molecule has 0 aliphatic heterocycles. The molecule has 0 fully saturated rings. The topological polar surface area (TPSA) is 66.5 Å². The summed E-state index contributed by atoms with van der Waals surface area (Å²) in [6.45, 7) is 2.05. The Morgan fingerprint density at radius 2 is 1.65 bits per heavy atom. The minimum absolute atomic E-state index is 0.178. The normalized spacial score (nSPS) is 15.3. The van der Waals surface area contributed by atoms with Gasteiger partial charge in [0, 0.05) is 0 Å². The molecule has 0 amide bonds. The van der Waals surface area contributed by atoms with E-state index in [0.29, 0.717) is 0 Å². The highest BCUT2D eigenvalue weighted by molar-refractivity contribution is 4.93. The van der Waals surface area contributed by atoms with Gasteiger partial charge in [0.1, 0.15) is 0 Å². The molecule has 17 heavy (non-hydrogen) atoms. The van der Waals surface area contributed by atoms with Gasteiger partial charge < -0.3 is 15.9 Å². The van der Waals surface area contributed by atoms with E-state index in [1.807, 2.05) is 6.08 Å². The summed E-state index contributed by atoms with van der Waals surface area (Å²) in [6.07, 6.45) is 13.0. The molecule has 0 bridgehead atoms. The van der Waals surface area contributed by atoms with Crippen LogP contribution in [0.1, 0.15) is 58.3 Å². The Kier molecular flexibility index (Phi) is 11.8. The van der Waals surface area contributed by atoms with Gasteiger partial charge in [-0.15, -0.1) is 0 Å². The lowest BCUT2D eigenvalue weighted by Crippen LogP contribution is -2.36. The van der Waals surface area contributed by atoms with Gasteiger partial charge in [-0.3, -0.25) is 0 Å². The van der Waals surface area contributed by atoms with Crippen molar-refractivity contribution < 1.29 is 10.2 Å². The standard InChI is InChI=1S/C14H29NO2/c1-2-3-4-5-6-7-8-9-10-11-14(17)13(15)12-16/h10-11,13-14,16-17H,2-9,12,15H2,1H3/t13-,14+/m1/s1. The third kappa shape index (κ3) is 10.5. The van der Waals surface area contributed by atoms with Crippen molar-refractivity contribution in [1.29, 1.82) is 0 Å². The van der Waals surface area contributed by atoms with Crippen molar-refractivity contribution in [2.45, 2.75) is 70.4 Å². The summed E-state index contributed by atoms with van der Waals surface area (Å²) in [5.41, 5.74) is 5.47. The predicted octanol–water partition coefficient (Wildman–Crippen LogP) is 2.36. The monoisotopic (exact) mass is 243 g/mol. The van der Waals surface area contributed by atoms with E-state index in [1.165, 1.54) is 44.9 Å². The van der Waals surface area contributed by atoms with E-state index in [4.69, 9.17) is 10.8 Å². The van der Waals surface area contributed by atoms with Crippen molar-refractivity contribution in [2.24, 2.45) is 5.73 Å². The van der Waals surface area contributed by atoms with Crippen LogP contribution in [0.15, 0.2) is 12.2 Å². The highest BCUT2D eigenvalue weighted by Crippen LogP contribution is 2.08. The summed E-state index contributed by atoms with van der Waals surface area (Å²) in [6, 6.07) is -0.555. The number of hydrogen-bond acceptors (Lipinski definition) is 3. The zero-order chi connectivity index (χ0) is 12.9. The number of hydrogen-bond donors (Lipinski definition) is 3. The number of nitrogens with two attached hydrogens (primary N) is 1. The van der Waals surface area contributed by atoms with E-state index in [9.17, 15) is 5.11 Å². The van der Waals surface area contributed by atoms with E-state index < -0.39 is 12.1 Å². The van der Waals surface area contributed by atoms with E-state index >= 15 is 0 Å². The Hall–Kier alpha value is -0.380. The van der Waals surface area contributed by atoms with Crippen molar-refractivity contribution in [3.63, 3.8) is 0 Å². The van der Waals surface area contributed by atoms with Crippen LogP contribution in [0.5, 0.6) is 0 Å². The zero-order valence-electron chi connectivity index (χ0n) is 11.1. The second kappa shape index (κ2) is 12.1. The largest absolute Gasteiger partial charge is 0.395 e. The highest BCUT2D eigenvalue weighted by atomic mass is 16.3. The quantitative estimate of drug-likeness (QED) is 0.385. The third-order valence-electron chi connectivity index (χ3n) is 2.96. The molecule has 0 aromatic heterocycles. The molecule has 0 radical (unpaired) electrons. The van der Waals surface area contributed by atoms with Gasteiger partial charge in [-0.05, 0) is 12.8 Å². The molecule has 0 heterocycles. The number of aliphatic hydroxyl groups excluding tert-OH is 2. The van der Waals surface area contributed by atoms with Crippen LogP contribution in [0.25, 0.3) is 0 Å². The first-order chi connectivity index (χ1) is 8.22.